The smallest absolute Gasteiger partial charge is 0.119 e. The first kappa shape index (κ1) is 14.4. The molecule has 19 heavy (non-hydrogen) atoms. The molecule has 0 heterocycles. The van der Waals surface area contributed by atoms with Crippen molar-refractivity contribution < 1.29 is 9.84 Å². The molecule has 2 atom stereocenters. The molecule has 2 unspecified atom stereocenters. The van der Waals surface area contributed by atoms with Gasteiger partial charge in [0.25, 0.3) is 0 Å². The molecule has 2 heteroatoms. The van der Waals surface area contributed by atoms with Crippen LogP contribution in [0.2, 0.25) is 0 Å². The van der Waals surface area contributed by atoms with E-state index in [1.807, 2.05) is 18.2 Å². The SMILES string of the molecule is COc1cccc(CC2(O)CC(C)CC(C)(C)C2)c1. The molecule has 1 aliphatic rings. The van der Waals surface area contributed by atoms with E-state index in [0.29, 0.717) is 5.92 Å². The van der Waals surface area contributed by atoms with E-state index < -0.39 is 5.60 Å². The molecule has 0 amide bonds. The molecule has 0 radical (unpaired) electrons. The van der Waals surface area contributed by atoms with E-state index in [4.69, 9.17) is 4.74 Å². The Bertz CT molecular complexity index is 439. The highest BCUT2D eigenvalue weighted by molar-refractivity contribution is 5.29. The Hall–Kier alpha value is -1.02. The van der Waals surface area contributed by atoms with Crippen molar-refractivity contribution in [3.8, 4) is 5.75 Å². The molecule has 1 fully saturated rings. The summed E-state index contributed by atoms with van der Waals surface area (Å²) >= 11 is 0. The summed E-state index contributed by atoms with van der Waals surface area (Å²) in [4.78, 5) is 0. The van der Waals surface area contributed by atoms with Gasteiger partial charge in [-0.2, -0.15) is 0 Å². The summed E-state index contributed by atoms with van der Waals surface area (Å²) < 4.78 is 5.26. The molecule has 0 aliphatic heterocycles. The highest BCUT2D eigenvalue weighted by Gasteiger charge is 2.41. The Morgan fingerprint density at radius 3 is 2.68 bits per heavy atom. The van der Waals surface area contributed by atoms with Gasteiger partial charge in [0.15, 0.2) is 0 Å². The molecular weight excluding hydrogens is 236 g/mol. The summed E-state index contributed by atoms with van der Waals surface area (Å²) in [6.45, 7) is 6.77. The van der Waals surface area contributed by atoms with Crippen LogP contribution in [0.5, 0.6) is 5.75 Å². The van der Waals surface area contributed by atoms with E-state index in [1.54, 1.807) is 7.11 Å². The van der Waals surface area contributed by atoms with E-state index >= 15 is 0 Å². The number of aliphatic hydroxyl groups is 1. The fourth-order valence-electron chi connectivity index (χ4n) is 4.00. The number of hydrogen-bond acceptors (Lipinski definition) is 2. The first-order valence-corrected chi connectivity index (χ1v) is 7.17. The van der Waals surface area contributed by atoms with Crippen LogP contribution in [0.25, 0.3) is 0 Å². The van der Waals surface area contributed by atoms with Gasteiger partial charge in [-0.15, -0.1) is 0 Å². The van der Waals surface area contributed by atoms with Gasteiger partial charge in [-0.25, -0.2) is 0 Å². The number of hydrogen-bond donors (Lipinski definition) is 1. The zero-order chi connectivity index (χ0) is 14.1. The summed E-state index contributed by atoms with van der Waals surface area (Å²) in [7, 11) is 1.68. The Balaban J connectivity index is 2.16. The van der Waals surface area contributed by atoms with Gasteiger partial charge < -0.3 is 9.84 Å². The van der Waals surface area contributed by atoms with Gasteiger partial charge in [0.1, 0.15) is 5.75 Å². The van der Waals surface area contributed by atoms with Crippen LogP contribution in [0.3, 0.4) is 0 Å². The zero-order valence-corrected chi connectivity index (χ0v) is 12.6. The fourth-order valence-corrected chi connectivity index (χ4v) is 4.00. The van der Waals surface area contributed by atoms with E-state index in [2.05, 4.69) is 26.8 Å². The van der Waals surface area contributed by atoms with Crippen molar-refractivity contribution in [2.75, 3.05) is 7.11 Å². The van der Waals surface area contributed by atoms with Crippen LogP contribution in [-0.4, -0.2) is 17.8 Å². The van der Waals surface area contributed by atoms with E-state index in [9.17, 15) is 5.11 Å². The number of rotatable bonds is 3. The fraction of sp³-hybridized carbons (Fsp3) is 0.647. The maximum absolute atomic E-state index is 11.0. The quantitative estimate of drug-likeness (QED) is 0.897. The van der Waals surface area contributed by atoms with Crippen molar-refractivity contribution in [3.05, 3.63) is 29.8 Å². The lowest BCUT2D eigenvalue weighted by Gasteiger charge is -2.44. The van der Waals surface area contributed by atoms with Crippen molar-refractivity contribution in [2.45, 2.75) is 52.1 Å². The molecule has 1 saturated carbocycles. The van der Waals surface area contributed by atoms with Gasteiger partial charge in [0, 0.05) is 6.42 Å². The van der Waals surface area contributed by atoms with Crippen LogP contribution in [-0.2, 0) is 6.42 Å². The average molecular weight is 262 g/mol. The third kappa shape index (κ3) is 3.73. The van der Waals surface area contributed by atoms with Gasteiger partial charge in [0.05, 0.1) is 12.7 Å². The monoisotopic (exact) mass is 262 g/mol. The van der Waals surface area contributed by atoms with Crippen molar-refractivity contribution in [3.63, 3.8) is 0 Å². The lowest BCUT2D eigenvalue weighted by Crippen LogP contribution is -2.43. The molecule has 2 rings (SSSR count). The lowest BCUT2D eigenvalue weighted by molar-refractivity contribution is -0.0574. The average Bonchev–Trinajstić information content (AvgIpc) is 2.25. The van der Waals surface area contributed by atoms with E-state index in [0.717, 1.165) is 30.6 Å². The lowest BCUT2D eigenvalue weighted by atomic mass is 9.64. The summed E-state index contributed by atoms with van der Waals surface area (Å²) in [6, 6.07) is 8.05. The second-order valence-electron chi connectivity index (χ2n) is 7.11. The van der Waals surface area contributed by atoms with Gasteiger partial charge >= 0.3 is 0 Å². The molecular formula is C17H26O2. The normalized spacial score (nSPS) is 30.1. The Morgan fingerprint density at radius 2 is 2.05 bits per heavy atom. The molecule has 106 valence electrons. The molecule has 0 spiro atoms. The van der Waals surface area contributed by atoms with Crippen molar-refractivity contribution in [1.82, 2.24) is 0 Å². The van der Waals surface area contributed by atoms with Crippen molar-refractivity contribution in [2.24, 2.45) is 11.3 Å². The summed E-state index contributed by atoms with van der Waals surface area (Å²) in [5.41, 5.74) is 0.811. The summed E-state index contributed by atoms with van der Waals surface area (Å²) in [5, 5.41) is 11.0. The number of methoxy groups -OCH3 is 1. The van der Waals surface area contributed by atoms with Crippen molar-refractivity contribution in [1.29, 1.82) is 0 Å². The molecule has 1 aliphatic carbocycles. The van der Waals surface area contributed by atoms with Gasteiger partial charge in [-0.3, -0.25) is 0 Å². The maximum atomic E-state index is 11.0. The maximum Gasteiger partial charge on any atom is 0.119 e. The second kappa shape index (κ2) is 5.16. The van der Waals surface area contributed by atoms with E-state index in [1.165, 1.54) is 6.42 Å². The molecule has 0 saturated heterocycles. The van der Waals surface area contributed by atoms with Crippen LogP contribution in [0.1, 0.15) is 45.6 Å². The highest BCUT2D eigenvalue weighted by atomic mass is 16.5. The summed E-state index contributed by atoms with van der Waals surface area (Å²) in [6.07, 6.45) is 3.70. The molecule has 0 aromatic heterocycles. The molecule has 2 nitrogen and oxygen atoms in total. The number of ether oxygens (including phenoxy) is 1. The Kier molecular flexibility index (Phi) is 3.91. The van der Waals surface area contributed by atoms with Crippen LogP contribution < -0.4 is 4.74 Å². The van der Waals surface area contributed by atoms with Gasteiger partial charge in [0.2, 0.25) is 0 Å². The predicted molar refractivity (Wildman–Crippen MR) is 78.4 cm³/mol. The minimum atomic E-state index is -0.576. The molecule has 1 aromatic rings. The first-order chi connectivity index (χ1) is 8.82. The standard InChI is InChI=1S/C17H26O2/c1-13-9-16(2,3)12-17(18,10-13)11-14-6-5-7-15(8-14)19-4/h5-8,13,18H,9-12H2,1-4H3. The van der Waals surface area contributed by atoms with Gasteiger partial charge in [-0.1, -0.05) is 32.9 Å². The van der Waals surface area contributed by atoms with Crippen LogP contribution in [0.4, 0.5) is 0 Å². The van der Waals surface area contributed by atoms with Crippen molar-refractivity contribution >= 4 is 0 Å². The largest absolute Gasteiger partial charge is 0.497 e. The minimum Gasteiger partial charge on any atom is -0.497 e. The molecule has 1 aromatic carbocycles. The second-order valence-corrected chi connectivity index (χ2v) is 7.11. The summed E-state index contributed by atoms with van der Waals surface area (Å²) in [5.74, 6) is 1.45. The van der Waals surface area contributed by atoms with E-state index in [-0.39, 0.29) is 5.41 Å². The predicted octanol–water partition coefficient (Wildman–Crippen LogP) is 3.82. The van der Waals surface area contributed by atoms with Crippen LogP contribution >= 0.6 is 0 Å². The zero-order valence-electron chi connectivity index (χ0n) is 12.6. The molecule has 1 N–H and O–H groups in total. The third-order valence-corrected chi connectivity index (χ3v) is 4.10. The van der Waals surface area contributed by atoms with Crippen LogP contribution in [0, 0.1) is 11.3 Å². The topological polar surface area (TPSA) is 29.5 Å². The van der Waals surface area contributed by atoms with Crippen LogP contribution in [0.15, 0.2) is 24.3 Å². The highest BCUT2D eigenvalue weighted by Crippen LogP contribution is 2.45. The minimum absolute atomic E-state index is 0.227. The Labute approximate surface area is 116 Å². The Morgan fingerprint density at radius 1 is 1.32 bits per heavy atom. The van der Waals surface area contributed by atoms with Gasteiger partial charge in [-0.05, 0) is 48.3 Å². The first-order valence-electron chi connectivity index (χ1n) is 7.17. The number of benzene rings is 1. The third-order valence-electron chi connectivity index (χ3n) is 4.10. The molecule has 0 bridgehead atoms.